The van der Waals surface area contributed by atoms with Crippen molar-refractivity contribution in [2.24, 2.45) is 0 Å². The first-order chi connectivity index (χ1) is 10.7. The van der Waals surface area contributed by atoms with Crippen molar-refractivity contribution in [1.29, 1.82) is 0 Å². The predicted octanol–water partition coefficient (Wildman–Crippen LogP) is 2.44. The van der Waals surface area contributed by atoms with Gasteiger partial charge in [-0.25, -0.2) is 4.68 Å². The number of rotatable bonds is 7. The number of nitrogens with one attached hydrogen (secondary N) is 1. The van der Waals surface area contributed by atoms with Gasteiger partial charge >= 0.3 is 0 Å². The molecule has 2 aromatic rings. The van der Waals surface area contributed by atoms with Gasteiger partial charge in [-0.2, -0.15) is 5.10 Å². The molecule has 0 spiro atoms. The smallest absolute Gasteiger partial charge is 0.271 e. The monoisotopic (exact) mass is 301 g/mol. The van der Waals surface area contributed by atoms with E-state index in [0.717, 1.165) is 35.4 Å². The van der Waals surface area contributed by atoms with Crippen molar-refractivity contribution in [3.8, 4) is 17.0 Å². The number of ether oxygens (including phenoxy) is 1. The molecule has 1 aromatic carbocycles. The number of aryl methyl sites for hydroxylation is 1. The molecule has 0 fully saturated rings. The molecule has 118 valence electrons. The van der Waals surface area contributed by atoms with Gasteiger partial charge in [-0.05, 0) is 43.8 Å². The highest BCUT2D eigenvalue weighted by molar-refractivity contribution is 5.60. The summed E-state index contributed by atoms with van der Waals surface area (Å²) in [5.74, 6) is 0.804. The first-order valence-corrected chi connectivity index (χ1v) is 7.59. The van der Waals surface area contributed by atoms with Gasteiger partial charge < -0.3 is 10.1 Å². The Labute approximate surface area is 130 Å². The third kappa shape index (κ3) is 3.74. The van der Waals surface area contributed by atoms with Crippen LogP contribution >= 0.6 is 0 Å². The van der Waals surface area contributed by atoms with Crippen LogP contribution in [0.3, 0.4) is 0 Å². The van der Waals surface area contributed by atoms with E-state index in [4.69, 9.17) is 4.74 Å². The van der Waals surface area contributed by atoms with Crippen molar-refractivity contribution in [1.82, 2.24) is 15.1 Å². The number of benzene rings is 1. The fraction of sp³-hybridized carbons (Fsp3) is 0.412. The molecule has 5 nitrogen and oxygen atoms in total. The summed E-state index contributed by atoms with van der Waals surface area (Å²) in [6.07, 6.45) is 1.97. The molecule has 0 unspecified atom stereocenters. The lowest BCUT2D eigenvalue weighted by atomic mass is 10.1. The highest BCUT2D eigenvalue weighted by Gasteiger charge is 2.09. The predicted molar refractivity (Wildman–Crippen MR) is 88.2 cm³/mol. The fourth-order valence-electron chi connectivity index (χ4n) is 2.28. The van der Waals surface area contributed by atoms with E-state index in [0.29, 0.717) is 13.1 Å². The molecule has 0 radical (unpaired) electrons. The zero-order valence-electron chi connectivity index (χ0n) is 13.4. The van der Waals surface area contributed by atoms with Gasteiger partial charge in [0, 0.05) is 24.2 Å². The molecular formula is C17H23N3O2. The van der Waals surface area contributed by atoms with Gasteiger partial charge in [0.1, 0.15) is 5.75 Å². The third-order valence-electron chi connectivity index (χ3n) is 3.53. The topological polar surface area (TPSA) is 56.1 Å². The zero-order valence-corrected chi connectivity index (χ0v) is 13.4. The maximum absolute atomic E-state index is 12.4. The molecular weight excluding hydrogens is 278 g/mol. The molecule has 22 heavy (non-hydrogen) atoms. The van der Waals surface area contributed by atoms with E-state index in [1.807, 2.05) is 37.4 Å². The number of methoxy groups -OCH3 is 1. The molecule has 1 heterocycles. The first-order valence-electron chi connectivity index (χ1n) is 7.59. The van der Waals surface area contributed by atoms with Gasteiger partial charge in [0.15, 0.2) is 0 Å². The number of nitrogens with zero attached hydrogens (tertiary/aromatic N) is 2. The van der Waals surface area contributed by atoms with Crippen molar-refractivity contribution in [2.45, 2.75) is 32.9 Å². The Morgan fingerprint density at radius 2 is 2.00 bits per heavy atom. The third-order valence-corrected chi connectivity index (χ3v) is 3.53. The fourth-order valence-corrected chi connectivity index (χ4v) is 2.28. The second-order valence-corrected chi connectivity index (χ2v) is 5.20. The van der Waals surface area contributed by atoms with Crippen LogP contribution < -0.4 is 15.6 Å². The summed E-state index contributed by atoms with van der Waals surface area (Å²) in [7, 11) is 3.48. The second-order valence-electron chi connectivity index (χ2n) is 5.20. The van der Waals surface area contributed by atoms with Crippen molar-refractivity contribution in [3.05, 3.63) is 46.2 Å². The van der Waals surface area contributed by atoms with Crippen LogP contribution in [0.15, 0.2) is 35.1 Å². The number of hydrogen-bond acceptors (Lipinski definition) is 4. The van der Waals surface area contributed by atoms with Crippen molar-refractivity contribution in [3.63, 3.8) is 0 Å². The van der Waals surface area contributed by atoms with Crippen LogP contribution in [0.2, 0.25) is 0 Å². The first kappa shape index (κ1) is 16.2. The van der Waals surface area contributed by atoms with Gasteiger partial charge in [0.05, 0.1) is 12.8 Å². The molecule has 0 bridgehead atoms. The Balaban J connectivity index is 2.44. The summed E-state index contributed by atoms with van der Waals surface area (Å²) in [4.78, 5) is 12.4. The normalized spacial score (nSPS) is 10.7. The van der Waals surface area contributed by atoms with E-state index in [2.05, 4.69) is 17.3 Å². The lowest BCUT2D eigenvalue weighted by molar-refractivity contribution is 0.415. The molecule has 1 N–H and O–H groups in total. The molecule has 0 aliphatic rings. The Hall–Kier alpha value is -2.14. The Kier molecular flexibility index (Phi) is 5.72. The van der Waals surface area contributed by atoms with Crippen LogP contribution in [0, 0.1) is 0 Å². The summed E-state index contributed by atoms with van der Waals surface area (Å²) >= 11 is 0. The standard InChI is InChI=1S/C17H23N3O2/c1-4-5-10-20-17(21)14(12-18-2)11-16(19-20)13-6-8-15(22-3)9-7-13/h6-9,11,18H,4-5,10,12H2,1-3H3. The quantitative estimate of drug-likeness (QED) is 0.853. The van der Waals surface area contributed by atoms with Gasteiger partial charge in [-0.3, -0.25) is 4.79 Å². The van der Waals surface area contributed by atoms with Crippen LogP contribution in [0.4, 0.5) is 0 Å². The van der Waals surface area contributed by atoms with Crippen LogP contribution in [0.5, 0.6) is 5.75 Å². The van der Waals surface area contributed by atoms with Gasteiger partial charge in [0.25, 0.3) is 5.56 Å². The van der Waals surface area contributed by atoms with E-state index in [9.17, 15) is 4.79 Å². The number of unbranched alkanes of at least 4 members (excludes halogenated alkanes) is 1. The molecule has 1 aromatic heterocycles. The van der Waals surface area contributed by atoms with Crippen LogP contribution in [0.25, 0.3) is 11.3 Å². The molecule has 0 saturated carbocycles. The van der Waals surface area contributed by atoms with Crippen molar-refractivity contribution >= 4 is 0 Å². The van der Waals surface area contributed by atoms with Crippen LogP contribution in [0.1, 0.15) is 25.3 Å². The molecule has 5 heteroatoms. The highest BCUT2D eigenvalue weighted by Crippen LogP contribution is 2.20. The Morgan fingerprint density at radius 1 is 1.27 bits per heavy atom. The largest absolute Gasteiger partial charge is 0.497 e. The minimum Gasteiger partial charge on any atom is -0.497 e. The highest BCUT2D eigenvalue weighted by atomic mass is 16.5. The SMILES string of the molecule is CCCCn1nc(-c2ccc(OC)cc2)cc(CNC)c1=O. The number of hydrogen-bond donors (Lipinski definition) is 1. The minimum atomic E-state index is -0.0138. The molecule has 0 saturated heterocycles. The maximum Gasteiger partial charge on any atom is 0.271 e. The lowest BCUT2D eigenvalue weighted by Crippen LogP contribution is -2.28. The molecule has 0 atom stereocenters. The second kappa shape index (κ2) is 7.75. The summed E-state index contributed by atoms with van der Waals surface area (Å²) in [6, 6.07) is 9.58. The van der Waals surface area contributed by atoms with Crippen LogP contribution in [-0.2, 0) is 13.1 Å². The average molecular weight is 301 g/mol. The van der Waals surface area contributed by atoms with Crippen molar-refractivity contribution in [2.75, 3.05) is 14.2 Å². The average Bonchev–Trinajstić information content (AvgIpc) is 2.56. The van der Waals surface area contributed by atoms with Gasteiger partial charge in [-0.15, -0.1) is 0 Å². The molecule has 0 aliphatic heterocycles. The van der Waals surface area contributed by atoms with Gasteiger partial charge in [0.2, 0.25) is 0 Å². The van der Waals surface area contributed by atoms with E-state index in [-0.39, 0.29) is 5.56 Å². The molecule has 0 amide bonds. The molecule has 2 rings (SSSR count). The Morgan fingerprint density at radius 3 is 2.59 bits per heavy atom. The lowest BCUT2D eigenvalue weighted by Gasteiger charge is -2.11. The summed E-state index contributed by atoms with van der Waals surface area (Å²) < 4.78 is 6.76. The number of aromatic nitrogens is 2. The minimum absolute atomic E-state index is 0.0138. The van der Waals surface area contributed by atoms with E-state index in [1.165, 1.54) is 0 Å². The van der Waals surface area contributed by atoms with Crippen LogP contribution in [-0.4, -0.2) is 23.9 Å². The Bertz CT molecular complexity index is 663. The molecule has 0 aliphatic carbocycles. The van der Waals surface area contributed by atoms with Gasteiger partial charge in [-0.1, -0.05) is 13.3 Å². The van der Waals surface area contributed by atoms with E-state index >= 15 is 0 Å². The van der Waals surface area contributed by atoms with E-state index < -0.39 is 0 Å². The zero-order chi connectivity index (χ0) is 15.9. The summed E-state index contributed by atoms with van der Waals surface area (Å²) in [6.45, 7) is 3.29. The van der Waals surface area contributed by atoms with Crippen molar-refractivity contribution < 1.29 is 4.74 Å². The summed E-state index contributed by atoms with van der Waals surface area (Å²) in [5, 5.41) is 7.56. The van der Waals surface area contributed by atoms with E-state index in [1.54, 1.807) is 11.8 Å². The maximum atomic E-state index is 12.4. The summed E-state index contributed by atoms with van der Waals surface area (Å²) in [5.41, 5.74) is 2.51.